The van der Waals surface area contributed by atoms with Crippen molar-refractivity contribution in [2.45, 2.75) is 13.8 Å². The Morgan fingerprint density at radius 3 is 2.11 bits per heavy atom. The third-order valence-corrected chi connectivity index (χ3v) is 1.52. The Labute approximate surface area is 53.3 Å². The molecule has 0 aromatic carbocycles. The summed E-state index contributed by atoms with van der Waals surface area (Å²) in [5.74, 6) is 0. The van der Waals surface area contributed by atoms with Crippen molar-refractivity contribution in [2.24, 2.45) is 7.05 Å². The second-order valence-electron chi connectivity index (χ2n) is 2.23. The van der Waals surface area contributed by atoms with E-state index >= 15 is 0 Å². The molecule has 0 aliphatic heterocycles. The quantitative estimate of drug-likeness (QED) is 0.534. The summed E-state index contributed by atoms with van der Waals surface area (Å²) in [6.45, 7) is 3.70. The Morgan fingerprint density at radius 1 is 1.44 bits per heavy atom. The summed E-state index contributed by atoms with van der Waals surface area (Å²) < 4.78 is 1.48. The van der Waals surface area contributed by atoms with Crippen LogP contribution in [0.5, 0.6) is 0 Å². The first-order valence-electron chi connectivity index (χ1n) is 2.85. The van der Waals surface area contributed by atoms with Crippen molar-refractivity contribution in [3.8, 4) is 0 Å². The van der Waals surface area contributed by atoms with E-state index in [2.05, 4.69) is 5.10 Å². The molecule has 0 saturated heterocycles. The summed E-state index contributed by atoms with van der Waals surface area (Å²) in [6.07, 6.45) is 0. The van der Waals surface area contributed by atoms with E-state index in [0.717, 1.165) is 11.3 Å². The zero-order chi connectivity index (χ0) is 7.02. The monoisotopic (exact) mass is 126 g/mol. The molecule has 0 aliphatic rings. The topological polar surface area (TPSA) is 37.8 Å². The summed E-state index contributed by atoms with van der Waals surface area (Å²) in [6, 6.07) is 0. The summed E-state index contributed by atoms with van der Waals surface area (Å²) in [7, 11) is 1.71. The predicted octanol–water partition coefficient (Wildman–Crippen LogP) is 0.330. The molecular weight excluding hydrogens is 116 g/mol. The highest BCUT2D eigenvalue weighted by Gasteiger charge is 2.00. The van der Waals surface area contributed by atoms with Crippen molar-refractivity contribution >= 4 is 0 Å². The van der Waals surface area contributed by atoms with Gasteiger partial charge in [0.05, 0.1) is 0 Å². The molecule has 1 rings (SSSR count). The van der Waals surface area contributed by atoms with E-state index in [9.17, 15) is 4.79 Å². The standard InChI is InChI=1S/C6H10N2O/c1-4-5(2)7-8(3)6(4)9/h7H,1-3H3. The van der Waals surface area contributed by atoms with Gasteiger partial charge in [-0.3, -0.25) is 14.6 Å². The maximum Gasteiger partial charge on any atom is 0.269 e. The first-order valence-corrected chi connectivity index (χ1v) is 2.85. The average molecular weight is 126 g/mol. The van der Waals surface area contributed by atoms with Gasteiger partial charge < -0.3 is 0 Å². The second-order valence-corrected chi connectivity index (χ2v) is 2.23. The Balaban J connectivity index is 3.48. The maximum atomic E-state index is 10.9. The lowest BCUT2D eigenvalue weighted by molar-refractivity contribution is 0.730. The van der Waals surface area contributed by atoms with Crippen LogP contribution in [0.3, 0.4) is 0 Å². The molecule has 0 fully saturated rings. The number of hydrogen-bond acceptors (Lipinski definition) is 1. The molecular formula is C6H10N2O. The van der Waals surface area contributed by atoms with Crippen LogP contribution in [-0.4, -0.2) is 9.78 Å². The van der Waals surface area contributed by atoms with Crippen LogP contribution >= 0.6 is 0 Å². The molecule has 0 unspecified atom stereocenters. The van der Waals surface area contributed by atoms with Crippen molar-refractivity contribution in [3.05, 3.63) is 21.6 Å². The molecule has 0 spiro atoms. The van der Waals surface area contributed by atoms with Gasteiger partial charge in [0.2, 0.25) is 0 Å². The molecule has 0 bridgehead atoms. The molecule has 0 radical (unpaired) electrons. The molecule has 1 aromatic rings. The van der Waals surface area contributed by atoms with Gasteiger partial charge in [-0.2, -0.15) is 0 Å². The fourth-order valence-corrected chi connectivity index (χ4v) is 0.798. The van der Waals surface area contributed by atoms with Gasteiger partial charge in [0.15, 0.2) is 0 Å². The van der Waals surface area contributed by atoms with Crippen molar-refractivity contribution in [1.82, 2.24) is 9.78 Å². The van der Waals surface area contributed by atoms with E-state index in [1.807, 2.05) is 13.8 Å². The lowest BCUT2D eigenvalue weighted by Gasteiger charge is -1.83. The van der Waals surface area contributed by atoms with Crippen molar-refractivity contribution in [1.29, 1.82) is 0 Å². The number of nitrogens with one attached hydrogen (secondary N) is 1. The van der Waals surface area contributed by atoms with E-state index < -0.39 is 0 Å². The zero-order valence-corrected chi connectivity index (χ0v) is 5.86. The van der Waals surface area contributed by atoms with Crippen LogP contribution in [0, 0.1) is 13.8 Å². The van der Waals surface area contributed by atoms with Crippen LogP contribution < -0.4 is 5.56 Å². The largest absolute Gasteiger partial charge is 0.300 e. The SMILES string of the molecule is Cc1[nH]n(C)c(=O)c1C. The lowest BCUT2D eigenvalue weighted by Crippen LogP contribution is -2.12. The summed E-state index contributed by atoms with van der Waals surface area (Å²) in [4.78, 5) is 10.9. The minimum Gasteiger partial charge on any atom is -0.300 e. The number of rotatable bonds is 0. The van der Waals surface area contributed by atoms with Crippen LogP contribution in [0.25, 0.3) is 0 Å². The fourth-order valence-electron chi connectivity index (χ4n) is 0.798. The Bertz CT molecular complexity index is 269. The molecule has 0 saturated carbocycles. The highest BCUT2D eigenvalue weighted by atomic mass is 16.1. The first kappa shape index (κ1) is 6.13. The van der Waals surface area contributed by atoms with Crippen LogP contribution in [-0.2, 0) is 7.05 Å². The van der Waals surface area contributed by atoms with E-state index in [1.54, 1.807) is 7.05 Å². The molecule has 1 N–H and O–H groups in total. The third-order valence-electron chi connectivity index (χ3n) is 1.52. The van der Waals surface area contributed by atoms with Gasteiger partial charge in [0, 0.05) is 18.3 Å². The average Bonchev–Trinajstić information content (AvgIpc) is 1.98. The first-order chi connectivity index (χ1) is 4.13. The third kappa shape index (κ3) is 0.781. The second kappa shape index (κ2) is 1.76. The number of hydrogen-bond donors (Lipinski definition) is 1. The molecule has 0 atom stereocenters. The molecule has 1 aromatic heterocycles. The smallest absolute Gasteiger partial charge is 0.269 e. The van der Waals surface area contributed by atoms with E-state index in [1.165, 1.54) is 4.68 Å². The Hall–Kier alpha value is -0.990. The van der Waals surface area contributed by atoms with Gasteiger partial charge in [0.25, 0.3) is 5.56 Å². The minimum absolute atomic E-state index is 0.0625. The molecule has 3 heteroatoms. The van der Waals surface area contributed by atoms with Crippen LogP contribution in [0.15, 0.2) is 4.79 Å². The highest BCUT2D eigenvalue weighted by molar-refractivity contribution is 5.12. The number of aromatic amines is 1. The molecule has 50 valence electrons. The number of H-pyrrole nitrogens is 1. The fraction of sp³-hybridized carbons (Fsp3) is 0.500. The minimum atomic E-state index is 0.0625. The molecule has 9 heavy (non-hydrogen) atoms. The van der Waals surface area contributed by atoms with Gasteiger partial charge in [0.1, 0.15) is 0 Å². The number of nitrogens with zero attached hydrogens (tertiary/aromatic N) is 1. The van der Waals surface area contributed by atoms with Crippen molar-refractivity contribution in [3.63, 3.8) is 0 Å². The molecule has 1 heterocycles. The van der Waals surface area contributed by atoms with E-state index in [4.69, 9.17) is 0 Å². The van der Waals surface area contributed by atoms with Crippen LogP contribution in [0.2, 0.25) is 0 Å². The molecule has 0 amide bonds. The molecule has 0 aliphatic carbocycles. The number of aromatic nitrogens is 2. The van der Waals surface area contributed by atoms with Crippen LogP contribution in [0.1, 0.15) is 11.3 Å². The predicted molar refractivity (Wildman–Crippen MR) is 35.5 cm³/mol. The van der Waals surface area contributed by atoms with Crippen molar-refractivity contribution < 1.29 is 0 Å². The molecule has 3 nitrogen and oxygen atoms in total. The van der Waals surface area contributed by atoms with E-state index in [-0.39, 0.29) is 5.56 Å². The Kier molecular flexibility index (Phi) is 1.20. The normalized spacial score (nSPS) is 10.1. The van der Waals surface area contributed by atoms with Gasteiger partial charge in [-0.25, -0.2) is 0 Å². The maximum absolute atomic E-state index is 10.9. The van der Waals surface area contributed by atoms with Gasteiger partial charge in [-0.15, -0.1) is 0 Å². The van der Waals surface area contributed by atoms with Gasteiger partial charge in [-0.1, -0.05) is 0 Å². The summed E-state index contributed by atoms with van der Waals surface area (Å²) in [5.41, 5.74) is 1.81. The van der Waals surface area contributed by atoms with Gasteiger partial charge >= 0.3 is 0 Å². The van der Waals surface area contributed by atoms with Gasteiger partial charge in [-0.05, 0) is 13.8 Å². The summed E-state index contributed by atoms with van der Waals surface area (Å²) in [5, 5.41) is 2.88. The highest BCUT2D eigenvalue weighted by Crippen LogP contribution is 1.92. The van der Waals surface area contributed by atoms with E-state index in [0.29, 0.717) is 0 Å². The van der Waals surface area contributed by atoms with Crippen molar-refractivity contribution in [2.75, 3.05) is 0 Å². The lowest BCUT2D eigenvalue weighted by atomic mass is 10.3. The summed E-state index contributed by atoms with van der Waals surface area (Å²) >= 11 is 0. The number of aryl methyl sites for hydroxylation is 2. The Morgan fingerprint density at radius 2 is 2.00 bits per heavy atom. The van der Waals surface area contributed by atoms with Crippen LogP contribution in [0.4, 0.5) is 0 Å². The zero-order valence-electron chi connectivity index (χ0n) is 5.86.